The van der Waals surface area contributed by atoms with Crippen LogP contribution < -0.4 is 0 Å². The van der Waals surface area contributed by atoms with Gasteiger partial charge in [-0.25, -0.2) is 0 Å². The molecule has 0 aromatic rings. The molecular formula is C17H33NO2. The monoisotopic (exact) mass is 283 g/mol. The normalized spacial score (nSPS) is 33.8. The Morgan fingerprint density at radius 1 is 1.15 bits per heavy atom. The highest BCUT2D eigenvalue weighted by Gasteiger charge is 2.34. The van der Waals surface area contributed by atoms with Crippen molar-refractivity contribution in [1.29, 1.82) is 0 Å². The van der Waals surface area contributed by atoms with E-state index in [1.807, 2.05) is 0 Å². The summed E-state index contributed by atoms with van der Waals surface area (Å²) in [4.78, 5) is 2.45. The van der Waals surface area contributed by atoms with Crippen LogP contribution in [0, 0.1) is 11.8 Å². The second-order valence-electron chi connectivity index (χ2n) is 7.61. The van der Waals surface area contributed by atoms with Crippen LogP contribution in [-0.4, -0.2) is 48.0 Å². The Kier molecular flexibility index (Phi) is 5.88. The lowest BCUT2D eigenvalue weighted by Crippen LogP contribution is -2.48. The SMILES string of the molecule is CC(C)COC1CCN(CC2(O)CCC(C)CC2)CC1. The lowest BCUT2D eigenvalue weighted by molar-refractivity contribution is -0.0562. The standard InChI is InChI=1S/C17H33NO2/c1-14(2)12-20-16-6-10-18(11-7-16)13-17(19)8-4-15(3)5-9-17/h14-16,19H,4-13H2,1-3H3. The molecule has 0 atom stereocenters. The second-order valence-corrected chi connectivity index (χ2v) is 7.61. The fourth-order valence-corrected chi connectivity index (χ4v) is 3.44. The average Bonchev–Trinajstić information content (AvgIpc) is 2.42. The fraction of sp³-hybridized carbons (Fsp3) is 1.00. The molecule has 0 aromatic carbocycles. The van der Waals surface area contributed by atoms with E-state index in [-0.39, 0.29) is 0 Å². The van der Waals surface area contributed by atoms with Crippen molar-refractivity contribution in [3.63, 3.8) is 0 Å². The lowest BCUT2D eigenvalue weighted by atomic mass is 9.79. The molecule has 0 amide bonds. The molecule has 1 heterocycles. The number of likely N-dealkylation sites (tertiary alicyclic amines) is 1. The second kappa shape index (κ2) is 7.24. The molecule has 3 heteroatoms. The quantitative estimate of drug-likeness (QED) is 0.841. The maximum atomic E-state index is 10.7. The number of nitrogens with zero attached hydrogens (tertiary/aromatic N) is 1. The molecular weight excluding hydrogens is 250 g/mol. The highest BCUT2D eigenvalue weighted by Crippen LogP contribution is 2.33. The third-order valence-electron chi connectivity index (χ3n) is 4.92. The van der Waals surface area contributed by atoms with E-state index >= 15 is 0 Å². The summed E-state index contributed by atoms with van der Waals surface area (Å²) in [7, 11) is 0. The molecule has 0 bridgehead atoms. The number of hydrogen-bond acceptors (Lipinski definition) is 3. The largest absolute Gasteiger partial charge is 0.389 e. The summed E-state index contributed by atoms with van der Waals surface area (Å²) >= 11 is 0. The van der Waals surface area contributed by atoms with Gasteiger partial charge in [-0.3, -0.25) is 0 Å². The molecule has 2 aliphatic rings. The molecule has 0 spiro atoms. The van der Waals surface area contributed by atoms with Crippen molar-refractivity contribution in [3.05, 3.63) is 0 Å². The van der Waals surface area contributed by atoms with Crippen molar-refractivity contribution in [2.45, 2.75) is 71.0 Å². The first-order valence-corrected chi connectivity index (χ1v) is 8.53. The maximum Gasteiger partial charge on any atom is 0.0774 e. The van der Waals surface area contributed by atoms with Gasteiger partial charge in [0.15, 0.2) is 0 Å². The van der Waals surface area contributed by atoms with E-state index in [2.05, 4.69) is 25.7 Å². The smallest absolute Gasteiger partial charge is 0.0774 e. The zero-order chi connectivity index (χ0) is 14.6. The minimum atomic E-state index is -0.419. The van der Waals surface area contributed by atoms with Gasteiger partial charge in [0.25, 0.3) is 0 Å². The highest BCUT2D eigenvalue weighted by atomic mass is 16.5. The van der Waals surface area contributed by atoms with Gasteiger partial charge in [-0.1, -0.05) is 20.8 Å². The van der Waals surface area contributed by atoms with Crippen LogP contribution in [0.1, 0.15) is 59.3 Å². The molecule has 1 aliphatic heterocycles. The Morgan fingerprint density at radius 3 is 2.30 bits per heavy atom. The van der Waals surface area contributed by atoms with Crippen LogP contribution in [0.15, 0.2) is 0 Å². The van der Waals surface area contributed by atoms with Gasteiger partial charge in [0.05, 0.1) is 11.7 Å². The van der Waals surface area contributed by atoms with Crippen molar-refractivity contribution < 1.29 is 9.84 Å². The molecule has 20 heavy (non-hydrogen) atoms. The van der Waals surface area contributed by atoms with Gasteiger partial charge in [-0.2, -0.15) is 0 Å². The van der Waals surface area contributed by atoms with Gasteiger partial charge >= 0.3 is 0 Å². The van der Waals surface area contributed by atoms with E-state index in [1.165, 1.54) is 12.8 Å². The third kappa shape index (κ3) is 5.01. The van der Waals surface area contributed by atoms with Gasteiger partial charge in [-0.05, 0) is 50.4 Å². The van der Waals surface area contributed by atoms with E-state index in [4.69, 9.17) is 4.74 Å². The Morgan fingerprint density at radius 2 is 1.75 bits per heavy atom. The number of aliphatic hydroxyl groups is 1. The number of β-amino-alcohol motifs (C(OH)–C–C–N with tert-alkyl or cyclic N) is 1. The van der Waals surface area contributed by atoms with Crippen molar-refractivity contribution in [2.75, 3.05) is 26.2 Å². The minimum absolute atomic E-state index is 0.419. The molecule has 0 aromatic heterocycles. The van der Waals surface area contributed by atoms with E-state index in [0.29, 0.717) is 12.0 Å². The van der Waals surface area contributed by atoms with E-state index < -0.39 is 5.60 Å². The summed E-state index contributed by atoms with van der Waals surface area (Å²) in [5, 5.41) is 10.7. The molecule has 1 saturated carbocycles. The van der Waals surface area contributed by atoms with Gasteiger partial charge in [0, 0.05) is 26.2 Å². The molecule has 1 aliphatic carbocycles. The average molecular weight is 283 g/mol. The van der Waals surface area contributed by atoms with E-state index in [1.54, 1.807) is 0 Å². The van der Waals surface area contributed by atoms with Crippen molar-refractivity contribution >= 4 is 0 Å². The summed E-state index contributed by atoms with van der Waals surface area (Å²) < 4.78 is 5.93. The summed E-state index contributed by atoms with van der Waals surface area (Å²) in [6.07, 6.45) is 7.03. The summed E-state index contributed by atoms with van der Waals surface area (Å²) in [5.41, 5.74) is -0.419. The summed E-state index contributed by atoms with van der Waals surface area (Å²) in [5.74, 6) is 1.42. The first kappa shape index (κ1) is 16.3. The Hall–Kier alpha value is -0.120. The third-order valence-corrected chi connectivity index (χ3v) is 4.92. The fourth-order valence-electron chi connectivity index (χ4n) is 3.44. The van der Waals surface area contributed by atoms with Crippen molar-refractivity contribution in [1.82, 2.24) is 4.90 Å². The summed E-state index contributed by atoms with van der Waals surface area (Å²) in [6, 6.07) is 0. The van der Waals surface area contributed by atoms with Crippen LogP contribution >= 0.6 is 0 Å². The van der Waals surface area contributed by atoms with E-state index in [9.17, 15) is 5.11 Å². The molecule has 2 fully saturated rings. The van der Waals surface area contributed by atoms with Crippen LogP contribution in [0.25, 0.3) is 0 Å². The molecule has 3 nitrogen and oxygen atoms in total. The maximum absolute atomic E-state index is 10.7. The Labute approximate surface area is 124 Å². The molecule has 0 radical (unpaired) electrons. The van der Waals surface area contributed by atoms with Crippen LogP contribution in [0.2, 0.25) is 0 Å². The number of ether oxygens (including phenoxy) is 1. The van der Waals surface area contributed by atoms with Crippen LogP contribution in [-0.2, 0) is 4.74 Å². The van der Waals surface area contributed by atoms with Gasteiger partial charge in [-0.15, -0.1) is 0 Å². The zero-order valence-electron chi connectivity index (χ0n) is 13.6. The predicted molar refractivity (Wildman–Crippen MR) is 82.8 cm³/mol. The van der Waals surface area contributed by atoms with Crippen LogP contribution in [0.4, 0.5) is 0 Å². The molecule has 118 valence electrons. The van der Waals surface area contributed by atoms with Crippen molar-refractivity contribution in [2.24, 2.45) is 11.8 Å². The molecule has 0 unspecified atom stereocenters. The first-order valence-electron chi connectivity index (χ1n) is 8.53. The van der Waals surface area contributed by atoms with Gasteiger partial charge < -0.3 is 14.7 Å². The zero-order valence-corrected chi connectivity index (χ0v) is 13.6. The molecule has 2 rings (SSSR count). The number of rotatable bonds is 5. The lowest BCUT2D eigenvalue weighted by Gasteiger charge is -2.41. The molecule has 1 N–H and O–H groups in total. The highest BCUT2D eigenvalue weighted by molar-refractivity contribution is 4.88. The van der Waals surface area contributed by atoms with Gasteiger partial charge in [0.1, 0.15) is 0 Å². The molecule has 1 saturated heterocycles. The van der Waals surface area contributed by atoms with E-state index in [0.717, 1.165) is 57.8 Å². The van der Waals surface area contributed by atoms with Crippen LogP contribution in [0.3, 0.4) is 0 Å². The number of hydrogen-bond donors (Lipinski definition) is 1. The Bertz CT molecular complexity index is 277. The predicted octanol–water partition coefficient (Wildman–Crippen LogP) is 3.06. The first-order chi connectivity index (χ1) is 9.47. The minimum Gasteiger partial charge on any atom is -0.389 e. The Balaban J connectivity index is 1.69. The topological polar surface area (TPSA) is 32.7 Å². The van der Waals surface area contributed by atoms with Crippen molar-refractivity contribution in [3.8, 4) is 0 Å². The number of piperidine rings is 1. The van der Waals surface area contributed by atoms with Crippen LogP contribution in [0.5, 0.6) is 0 Å². The summed E-state index contributed by atoms with van der Waals surface area (Å²) in [6.45, 7) is 10.6. The van der Waals surface area contributed by atoms with Gasteiger partial charge in [0.2, 0.25) is 0 Å².